The van der Waals surface area contributed by atoms with E-state index in [1.54, 1.807) is 16.6 Å². The van der Waals surface area contributed by atoms with Crippen LogP contribution in [-0.4, -0.2) is 92.5 Å². The predicted octanol–water partition coefficient (Wildman–Crippen LogP) is 1.47. The number of hydrogen-bond donors (Lipinski definition) is 0. The van der Waals surface area contributed by atoms with Gasteiger partial charge in [-0.3, -0.25) is 4.90 Å². The van der Waals surface area contributed by atoms with Crippen molar-refractivity contribution in [1.29, 1.82) is 0 Å². The van der Waals surface area contributed by atoms with Crippen LogP contribution in [0, 0.1) is 0 Å². The molecule has 8 heteroatoms. The summed E-state index contributed by atoms with van der Waals surface area (Å²) in [5, 5.41) is 0. The molecular weight excluding hydrogens is 374 g/mol. The Morgan fingerprint density at radius 3 is 2.39 bits per heavy atom. The number of hydrogen-bond acceptors (Lipinski definition) is 6. The quantitative estimate of drug-likeness (QED) is 0.737. The van der Waals surface area contributed by atoms with E-state index >= 15 is 0 Å². The van der Waals surface area contributed by atoms with Gasteiger partial charge in [0.2, 0.25) is 10.0 Å². The first-order chi connectivity index (χ1) is 13.6. The maximum Gasteiger partial charge on any atom is 0.244 e. The lowest BCUT2D eigenvalue weighted by Gasteiger charge is -2.37. The molecule has 3 aliphatic heterocycles. The zero-order valence-electron chi connectivity index (χ0n) is 17.0. The number of pyridine rings is 1. The van der Waals surface area contributed by atoms with Crippen LogP contribution in [0.1, 0.15) is 32.6 Å². The van der Waals surface area contributed by atoms with Gasteiger partial charge in [0.25, 0.3) is 0 Å². The standard InChI is InChI=1S/C20H33N5O2S/c1-2-22-12-14-23(15-13-22)18-8-11-24(17-18)20-7-6-19(16-21-20)28(26,27)25-9-4-3-5-10-25/h6-7,16,18H,2-5,8-15,17H2,1H3. The molecule has 7 nitrogen and oxygen atoms in total. The lowest BCUT2D eigenvalue weighted by molar-refractivity contribution is 0.107. The number of aromatic nitrogens is 1. The Morgan fingerprint density at radius 1 is 1.00 bits per heavy atom. The first kappa shape index (κ1) is 20.1. The maximum absolute atomic E-state index is 12.8. The zero-order valence-corrected chi connectivity index (χ0v) is 17.8. The van der Waals surface area contributed by atoms with Crippen LogP contribution in [0.2, 0.25) is 0 Å². The minimum Gasteiger partial charge on any atom is -0.355 e. The van der Waals surface area contributed by atoms with Crippen LogP contribution in [0.3, 0.4) is 0 Å². The molecule has 0 radical (unpaired) electrons. The normalized spacial score (nSPS) is 26.0. The minimum absolute atomic E-state index is 0.324. The molecule has 0 aliphatic carbocycles. The van der Waals surface area contributed by atoms with Crippen LogP contribution >= 0.6 is 0 Å². The molecule has 3 aliphatic rings. The number of nitrogens with zero attached hydrogens (tertiary/aromatic N) is 5. The Hall–Kier alpha value is -1.22. The number of piperidine rings is 1. The highest BCUT2D eigenvalue weighted by atomic mass is 32.2. The van der Waals surface area contributed by atoms with Crippen molar-refractivity contribution in [2.45, 2.75) is 43.5 Å². The first-order valence-electron chi connectivity index (χ1n) is 10.8. The smallest absolute Gasteiger partial charge is 0.244 e. The molecular formula is C20H33N5O2S. The lowest BCUT2D eigenvalue weighted by Crippen LogP contribution is -2.50. The van der Waals surface area contributed by atoms with Gasteiger partial charge in [-0.05, 0) is 37.9 Å². The molecule has 3 saturated heterocycles. The van der Waals surface area contributed by atoms with E-state index in [4.69, 9.17) is 0 Å². The topological polar surface area (TPSA) is 60.0 Å². The van der Waals surface area contributed by atoms with Crippen molar-refractivity contribution in [3.63, 3.8) is 0 Å². The second kappa shape index (κ2) is 8.65. The Morgan fingerprint density at radius 2 is 1.75 bits per heavy atom. The van der Waals surface area contributed by atoms with E-state index in [1.807, 2.05) is 6.07 Å². The van der Waals surface area contributed by atoms with Gasteiger partial charge < -0.3 is 9.80 Å². The zero-order chi connectivity index (χ0) is 19.6. The second-order valence-electron chi connectivity index (χ2n) is 8.18. The van der Waals surface area contributed by atoms with Gasteiger partial charge in [-0.15, -0.1) is 0 Å². The highest BCUT2D eigenvalue weighted by Crippen LogP contribution is 2.25. The highest BCUT2D eigenvalue weighted by molar-refractivity contribution is 7.89. The molecule has 0 bridgehead atoms. The Balaban J connectivity index is 1.37. The van der Waals surface area contributed by atoms with Crippen molar-refractivity contribution in [3.8, 4) is 0 Å². The summed E-state index contributed by atoms with van der Waals surface area (Å²) in [6.45, 7) is 11.2. The largest absolute Gasteiger partial charge is 0.355 e. The molecule has 28 heavy (non-hydrogen) atoms. The van der Waals surface area contributed by atoms with Crippen LogP contribution in [0.5, 0.6) is 0 Å². The van der Waals surface area contributed by atoms with Crippen LogP contribution in [0.4, 0.5) is 5.82 Å². The van der Waals surface area contributed by atoms with Gasteiger partial charge in [-0.1, -0.05) is 13.3 Å². The van der Waals surface area contributed by atoms with Crippen molar-refractivity contribution in [1.82, 2.24) is 19.1 Å². The predicted molar refractivity (Wildman–Crippen MR) is 111 cm³/mol. The molecule has 1 atom stereocenters. The van der Waals surface area contributed by atoms with E-state index in [0.717, 1.165) is 77.3 Å². The molecule has 0 saturated carbocycles. The molecule has 4 heterocycles. The summed E-state index contributed by atoms with van der Waals surface area (Å²) in [6, 6.07) is 4.20. The molecule has 156 valence electrons. The molecule has 1 aromatic heterocycles. The minimum atomic E-state index is -3.40. The van der Waals surface area contributed by atoms with Crippen molar-refractivity contribution in [2.24, 2.45) is 0 Å². The Kier molecular flexibility index (Phi) is 6.20. The van der Waals surface area contributed by atoms with E-state index in [2.05, 4.69) is 26.6 Å². The van der Waals surface area contributed by atoms with Crippen molar-refractivity contribution in [2.75, 3.05) is 63.8 Å². The number of rotatable bonds is 5. The average molecular weight is 408 g/mol. The third-order valence-corrected chi connectivity index (χ3v) is 8.41. The molecule has 0 aromatic carbocycles. The molecule has 1 unspecified atom stereocenters. The van der Waals surface area contributed by atoms with Crippen LogP contribution in [0.15, 0.2) is 23.2 Å². The van der Waals surface area contributed by atoms with Crippen molar-refractivity contribution < 1.29 is 8.42 Å². The van der Waals surface area contributed by atoms with Crippen molar-refractivity contribution in [3.05, 3.63) is 18.3 Å². The van der Waals surface area contributed by atoms with Crippen molar-refractivity contribution >= 4 is 15.8 Å². The molecule has 1 aromatic rings. The summed E-state index contributed by atoms with van der Waals surface area (Å²) in [5.41, 5.74) is 0. The third-order valence-electron chi connectivity index (χ3n) is 6.53. The summed E-state index contributed by atoms with van der Waals surface area (Å²) in [7, 11) is -3.40. The van der Waals surface area contributed by atoms with Gasteiger partial charge in [0.15, 0.2) is 0 Å². The first-order valence-corrected chi connectivity index (χ1v) is 12.2. The fraction of sp³-hybridized carbons (Fsp3) is 0.750. The van der Waals surface area contributed by atoms with Gasteiger partial charge in [-0.2, -0.15) is 4.31 Å². The lowest BCUT2D eigenvalue weighted by atomic mass is 10.2. The number of likely N-dealkylation sites (N-methyl/N-ethyl adjacent to an activating group) is 1. The van der Waals surface area contributed by atoms with E-state index in [-0.39, 0.29) is 0 Å². The maximum atomic E-state index is 12.8. The van der Waals surface area contributed by atoms with Crippen LogP contribution in [0.25, 0.3) is 0 Å². The van der Waals surface area contributed by atoms with Gasteiger partial charge in [0.05, 0.1) is 0 Å². The monoisotopic (exact) mass is 407 g/mol. The molecule has 0 amide bonds. The summed E-state index contributed by atoms with van der Waals surface area (Å²) in [4.78, 5) is 12.3. The third kappa shape index (κ3) is 4.20. The molecule has 3 fully saturated rings. The van der Waals surface area contributed by atoms with Gasteiger partial charge in [-0.25, -0.2) is 13.4 Å². The van der Waals surface area contributed by atoms with E-state index in [9.17, 15) is 8.42 Å². The van der Waals surface area contributed by atoms with Gasteiger partial charge >= 0.3 is 0 Å². The molecule has 0 spiro atoms. The molecule has 0 N–H and O–H groups in total. The van der Waals surface area contributed by atoms with Crippen LogP contribution < -0.4 is 4.90 Å². The fourth-order valence-electron chi connectivity index (χ4n) is 4.66. The summed E-state index contributed by atoms with van der Waals surface area (Å²) >= 11 is 0. The Labute approximate surface area is 169 Å². The summed E-state index contributed by atoms with van der Waals surface area (Å²) in [5.74, 6) is 0.896. The second-order valence-corrected chi connectivity index (χ2v) is 10.1. The van der Waals surface area contributed by atoms with E-state index in [0.29, 0.717) is 24.0 Å². The molecule has 4 rings (SSSR count). The van der Waals surface area contributed by atoms with E-state index in [1.165, 1.54) is 0 Å². The highest BCUT2D eigenvalue weighted by Gasteiger charge is 2.31. The Bertz CT molecular complexity index is 740. The number of sulfonamides is 1. The fourth-order valence-corrected chi connectivity index (χ4v) is 6.12. The number of piperazine rings is 1. The van der Waals surface area contributed by atoms with Gasteiger partial charge in [0.1, 0.15) is 10.7 Å². The van der Waals surface area contributed by atoms with Gasteiger partial charge in [0, 0.05) is 64.6 Å². The van der Waals surface area contributed by atoms with Crippen LogP contribution in [-0.2, 0) is 10.0 Å². The summed E-state index contributed by atoms with van der Waals surface area (Å²) in [6.07, 6.45) is 5.72. The SMILES string of the molecule is CCN1CCN(C2CCN(c3ccc(S(=O)(=O)N4CCCCC4)cn3)C2)CC1. The number of anilines is 1. The van der Waals surface area contributed by atoms with E-state index < -0.39 is 10.0 Å². The summed E-state index contributed by atoms with van der Waals surface area (Å²) < 4.78 is 27.2. The average Bonchev–Trinajstić information content (AvgIpc) is 3.25.